The lowest BCUT2D eigenvalue weighted by atomic mass is 10.1. The number of nitrogens with two attached hydrogens (primary N) is 1. The van der Waals surface area contributed by atoms with Gasteiger partial charge in [-0.25, -0.2) is 4.39 Å². The number of hydrogen-bond acceptors (Lipinski definition) is 4. The second-order valence-electron chi connectivity index (χ2n) is 5.95. The Morgan fingerprint density at radius 3 is 2.67 bits per heavy atom. The summed E-state index contributed by atoms with van der Waals surface area (Å²) < 4.78 is 14.5. The Morgan fingerprint density at radius 1 is 1.19 bits per heavy atom. The monoisotopic (exact) mass is 286 g/mol. The third kappa shape index (κ3) is 2.21. The van der Waals surface area contributed by atoms with E-state index in [1.807, 2.05) is 12.1 Å². The predicted octanol–water partition coefficient (Wildman–Crippen LogP) is 2.24. The molecule has 1 saturated carbocycles. The molecule has 2 fully saturated rings. The van der Waals surface area contributed by atoms with Gasteiger partial charge in [0, 0.05) is 49.5 Å². The predicted molar refractivity (Wildman–Crippen MR) is 82.9 cm³/mol. The van der Waals surface area contributed by atoms with E-state index in [0.29, 0.717) is 16.9 Å². The lowest BCUT2D eigenvalue weighted by molar-refractivity contribution is 0.247. The van der Waals surface area contributed by atoms with Crippen LogP contribution in [-0.2, 0) is 0 Å². The molecular weight excluding hydrogens is 267 g/mol. The molecule has 110 valence electrons. The topological polar surface area (TPSA) is 45.4 Å². The van der Waals surface area contributed by atoms with Gasteiger partial charge < -0.3 is 10.6 Å². The van der Waals surface area contributed by atoms with E-state index in [2.05, 4.69) is 14.8 Å². The number of pyridine rings is 1. The molecule has 4 nitrogen and oxygen atoms in total. The van der Waals surface area contributed by atoms with Crippen LogP contribution in [0.15, 0.2) is 24.4 Å². The average molecular weight is 286 g/mol. The zero-order valence-electron chi connectivity index (χ0n) is 11.9. The van der Waals surface area contributed by atoms with Gasteiger partial charge in [0.05, 0.1) is 11.2 Å². The van der Waals surface area contributed by atoms with Gasteiger partial charge in [-0.2, -0.15) is 0 Å². The SMILES string of the molecule is Nc1cc(F)c(N2CCN(C3CC3)CC2)c2ncccc12. The molecule has 1 aromatic carbocycles. The minimum Gasteiger partial charge on any atom is -0.398 e. The fourth-order valence-corrected chi connectivity index (χ4v) is 3.27. The number of anilines is 2. The molecule has 0 spiro atoms. The molecule has 0 atom stereocenters. The molecule has 1 aliphatic heterocycles. The van der Waals surface area contributed by atoms with Crippen molar-refractivity contribution in [1.29, 1.82) is 0 Å². The summed E-state index contributed by atoms with van der Waals surface area (Å²) in [5.74, 6) is -0.265. The number of hydrogen-bond donors (Lipinski definition) is 1. The number of benzene rings is 1. The molecule has 1 aliphatic carbocycles. The minimum atomic E-state index is -0.265. The minimum absolute atomic E-state index is 0.265. The summed E-state index contributed by atoms with van der Waals surface area (Å²) in [7, 11) is 0. The van der Waals surface area contributed by atoms with Crippen LogP contribution in [0.2, 0.25) is 0 Å². The van der Waals surface area contributed by atoms with Crippen molar-refractivity contribution in [1.82, 2.24) is 9.88 Å². The number of nitrogens with zero attached hydrogens (tertiary/aromatic N) is 3. The van der Waals surface area contributed by atoms with E-state index in [9.17, 15) is 4.39 Å². The van der Waals surface area contributed by atoms with E-state index in [1.54, 1.807) is 6.20 Å². The highest BCUT2D eigenvalue weighted by Gasteiger charge is 2.32. The Bertz CT molecular complexity index is 675. The van der Waals surface area contributed by atoms with Gasteiger partial charge in [0.1, 0.15) is 0 Å². The maximum Gasteiger partial charge on any atom is 0.150 e. The van der Waals surface area contributed by atoms with E-state index in [1.165, 1.54) is 18.9 Å². The zero-order chi connectivity index (χ0) is 14.4. The molecule has 21 heavy (non-hydrogen) atoms. The molecule has 0 radical (unpaired) electrons. The van der Waals surface area contributed by atoms with Crippen LogP contribution in [-0.4, -0.2) is 42.1 Å². The van der Waals surface area contributed by atoms with Crippen molar-refractivity contribution in [2.24, 2.45) is 0 Å². The van der Waals surface area contributed by atoms with Gasteiger partial charge in [0.25, 0.3) is 0 Å². The second-order valence-corrected chi connectivity index (χ2v) is 5.95. The first-order valence-electron chi connectivity index (χ1n) is 7.56. The first kappa shape index (κ1) is 12.8. The first-order valence-corrected chi connectivity index (χ1v) is 7.56. The van der Waals surface area contributed by atoms with Gasteiger partial charge in [-0.05, 0) is 31.0 Å². The lowest BCUT2D eigenvalue weighted by Crippen LogP contribution is -2.47. The van der Waals surface area contributed by atoms with Crippen molar-refractivity contribution < 1.29 is 4.39 Å². The van der Waals surface area contributed by atoms with E-state index < -0.39 is 0 Å². The highest BCUT2D eigenvalue weighted by atomic mass is 19.1. The molecule has 0 bridgehead atoms. The number of halogens is 1. The molecule has 1 aromatic heterocycles. The van der Waals surface area contributed by atoms with Gasteiger partial charge in [0.2, 0.25) is 0 Å². The Balaban J connectivity index is 1.69. The van der Waals surface area contributed by atoms with Crippen LogP contribution >= 0.6 is 0 Å². The average Bonchev–Trinajstić information content (AvgIpc) is 3.33. The first-order chi connectivity index (χ1) is 10.2. The summed E-state index contributed by atoms with van der Waals surface area (Å²) in [6.45, 7) is 3.71. The number of fused-ring (bicyclic) bond motifs is 1. The Labute approximate surface area is 123 Å². The largest absolute Gasteiger partial charge is 0.398 e. The Kier molecular flexibility index (Phi) is 2.96. The van der Waals surface area contributed by atoms with Crippen molar-refractivity contribution in [3.8, 4) is 0 Å². The van der Waals surface area contributed by atoms with E-state index in [-0.39, 0.29) is 5.82 Å². The maximum absolute atomic E-state index is 14.5. The molecule has 1 saturated heterocycles. The summed E-state index contributed by atoms with van der Waals surface area (Å²) in [5.41, 5.74) is 7.66. The van der Waals surface area contributed by atoms with Crippen LogP contribution in [0.3, 0.4) is 0 Å². The Hall–Kier alpha value is -1.88. The molecule has 0 amide bonds. The van der Waals surface area contributed by atoms with Crippen LogP contribution in [0.4, 0.5) is 15.8 Å². The molecule has 2 aliphatic rings. The smallest absolute Gasteiger partial charge is 0.150 e. The van der Waals surface area contributed by atoms with Crippen LogP contribution in [0.25, 0.3) is 10.9 Å². The number of piperazine rings is 1. The molecule has 2 N–H and O–H groups in total. The van der Waals surface area contributed by atoms with Crippen molar-refractivity contribution in [2.75, 3.05) is 36.8 Å². The lowest BCUT2D eigenvalue weighted by Gasteiger charge is -2.36. The molecule has 0 unspecified atom stereocenters. The molecular formula is C16H19FN4. The summed E-state index contributed by atoms with van der Waals surface area (Å²) in [5, 5.41) is 0.832. The number of nitrogen functional groups attached to an aromatic ring is 1. The third-order valence-electron chi connectivity index (χ3n) is 4.55. The highest BCUT2D eigenvalue weighted by molar-refractivity contribution is 5.98. The standard InChI is InChI=1S/C16H19FN4/c17-13-10-14(18)12-2-1-5-19-15(12)16(13)21-8-6-20(7-9-21)11-3-4-11/h1-2,5,10-11H,3-4,6-9,18H2. The number of aromatic nitrogens is 1. The highest BCUT2D eigenvalue weighted by Crippen LogP contribution is 2.34. The van der Waals surface area contributed by atoms with Crippen molar-refractivity contribution in [2.45, 2.75) is 18.9 Å². The van der Waals surface area contributed by atoms with Crippen LogP contribution < -0.4 is 10.6 Å². The van der Waals surface area contributed by atoms with E-state index >= 15 is 0 Å². The number of rotatable bonds is 2. The molecule has 2 aromatic rings. The molecule has 5 heteroatoms. The van der Waals surface area contributed by atoms with E-state index in [0.717, 1.165) is 37.6 Å². The van der Waals surface area contributed by atoms with Crippen molar-refractivity contribution in [3.63, 3.8) is 0 Å². The second kappa shape index (κ2) is 4.84. The van der Waals surface area contributed by atoms with Crippen molar-refractivity contribution >= 4 is 22.3 Å². The van der Waals surface area contributed by atoms with Gasteiger partial charge in [-0.1, -0.05) is 0 Å². The zero-order valence-corrected chi connectivity index (χ0v) is 11.9. The van der Waals surface area contributed by atoms with Crippen LogP contribution in [0, 0.1) is 5.82 Å². The summed E-state index contributed by atoms with van der Waals surface area (Å²) in [6.07, 6.45) is 4.34. The fourth-order valence-electron chi connectivity index (χ4n) is 3.27. The third-order valence-corrected chi connectivity index (χ3v) is 4.55. The summed E-state index contributed by atoms with van der Waals surface area (Å²) in [6, 6.07) is 5.94. The van der Waals surface area contributed by atoms with Gasteiger partial charge in [-0.3, -0.25) is 9.88 Å². The fraction of sp³-hybridized carbons (Fsp3) is 0.438. The molecule has 2 heterocycles. The van der Waals surface area contributed by atoms with Crippen LogP contribution in [0.1, 0.15) is 12.8 Å². The van der Waals surface area contributed by atoms with Crippen molar-refractivity contribution in [3.05, 3.63) is 30.2 Å². The summed E-state index contributed by atoms with van der Waals surface area (Å²) >= 11 is 0. The Morgan fingerprint density at radius 2 is 1.95 bits per heavy atom. The quantitative estimate of drug-likeness (QED) is 0.860. The van der Waals surface area contributed by atoms with Crippen LogP contribution in [0.5, 0.6) is 0 Å². The van der Waals surface area contributed by atoms with Gasteiger partial charge in [0.15, 0.2) is 5.82 Å². The maximum atomic E-state index is 14.5. The molecule has 4 rings (SSSR count). The van der Waals surface area contributed by atoms with E-state index in [4.69, 9.17) is 5.73 Å². The summed E-state index contributed by atoms with van der Waals surface area (Å²) in [4.78, 5) is 9.00. The normalized spacial score (nSPS) is 20.1. The van der Waals surface area contributed by atoms with Gasteiger partial charge >= 0.3 is 0 Å². The van der Waals surface area contributed by atoms with Gasteiger partial charge in [-0.15, -0.1) is 0 Å².